The van der Waals surface area contributed by atoms with E-state index in [1.165, 1.54) is 12.1 Å². The Hall–Kier alpha value is -3.87. The first-order chi connectivity index (χ1) is 16.9. The molecule has 1 aliphatic carbocycles. The largest absolute Gasteiger partial charge is 0.321 e. The van der Waals surface area contributed by atoms with Crippen molar-refractivity contribution in [2.45, 2.75) is 0 Å². The number of ketones is 3. The zero-order chi connectivity index (χ0) is 24.7. The van der Waals surface area contributed by atoms with Crippen molar-refractivity contribution in [2.24, 2.45) is 0 Å². The van der Waals surface area contributed by atoms with Gasteiger partial charge in [0.05, 0.1) is 27.4 Å². The molecule has 0 radical (unpaired) electrons. The SMILES string of the molecule is O=C(Nc1c(C(=O)c2ccccc2)cc(Br)c2c1C(=O)c1ccccc1C2=O)c1ccccc1Cl. The van der Waals surface area contributed by atoms with E-state index in [1.54, 1.807) is 72.8 Å². The molecule has 7 heteroatoms. The second-order valence-electron chi connectivity index (χ2n) is 7.86. The molecule has 0 saturated carbocycles. The molecule has 0 saturated heterocycles. The Kier molecular flexibility index (Phi) is 5.93. The predicted molar refractivity (Wildman–Crippen MR) is 137 cm³/mol. The smallest absolute Gasteiger partial charge is 0.257 e. The first-order valence-electron chi connectivity index (χ1n) is 10.6. The highest BCUT2D eigenvalue weighted by Crippen LogP contribution is 2.39. The summed E-state index contributed by atoms with van der Waals surface area (Å²) in [5.41, 5.74) is 1.08. The lowest BCUT2D eigenvalue weighted by Gasteiger charge is -2.24. The molecule has 1 aliphatic rings. The number of nitrogens with one attached hydrogen (secondary N) is 1. The third kappa shape index (κ3) is 3.91. The second kappa shape index (κ2) is 9.06. The predicted octanol–water partition coefficient (Wildman–Crippen LogP) is 6.36. The molecule has 1 N–H and O–H groups in total. The minimum atomic E-state index is -0.610. The van der Waals surface area contributed by atoms with E-state index in [9.17, 15) is 19.2 Å². The molecule has 5 nitrogen and oxygen atoms in total. The van der Waals surface area contributed by atoms with Crippen LogP contribution in [0.25, 0.3) is 0 Å². The molecule has 35 heavy (non-hydrogen) atoms. The lowest BCUT2D eigenvalue weighted by atomic mass is 9.81. The normalized spacial score (nSPS) is 12.1. The zero-order valence-corrected chi connectivity index (χ0v) is 20.3. The van der Waals surface area contributed by atoms with E-state index in [2.05, 4.69) is 21.2 Å². The van der Waals surface area contributed by atoms with Crippen molar-refractivity contribution in [1.82, 2.24) is 0 Å². The number of benzene rings is 4. The van der Waals surface area contributed by atoms with Gasteiger partial charge in [0.2, 0.25) is 0 Å². The van der Waals surface area contributed by atoms with Gasteiger partial charge in [-0.1, -0.05) is 78.3 Å². The second-order valence-corrected chi connectivity index (χ2v) is 9.13. The summed E-state index contributed by atoms with van der Waals surface area (Å²) in [6.45, 7) is 0. The number of amides is 1. The van der Waals surface area contributed by atoms with Crippen molar-refractivity contribution >= 4 is 56.5 Å². The average Bonchev–Trinajstić information content (AvgIpc) is 2.88. The van der Waals surface area contributed by atoms with Crippen molar-refractivity contribution in [1.29, 1.82) is 0 Å². The molecule has 0 heterocycles. The Labute approximate surface area is 213 Å². The number of hydrogen-bond donors (Lipinski definition) is 1. The summed E-state index contributed by atoms with van der Waals surface area (Å²) < 4.78 is 0.287. The Bertz CT molecular complexity index is 1560. The van der Waals surface area contributed by atoms with Gasteiger partial charge in [-0.05, 0) is 34.1 Å². The standard InChI is InChI=1S/C28H15BrClNO4/c29-20-14-19(25(32)15-8-2-1-3-9-15)24(31-28(35)18-12-6-7-13-21(18)30)23-22(20)26(33)16-10-4-5-11-17(16)27(23)34/h1-14H,(H,31,35). The summed E-state index contributed by atoms with van der Waals surface area (Å²) in [7, 11) is 0. The maximum absolute atomic E-state index is 13.7. The molecular formula is C28H15BrClNO4. The minimum absolute atomic E-state index is 0.0326. The van der Waals surface area contributed by atoms with Crippen LogP contribution in [-0.4, -0.2) is 23.3 Å². The number of halogens is 2. The summed E-state index contributed by atoms with van der Waals surface area (Å²) in [5, 5.41) is 2.93. The number of carbonyl (C=O) groups excluding carboxylic acids is 4. The molecular weight excluding hydrogens is 530 g/mol. The molecule has 0 unspecified atom stereocenters. The summed E-state index contributed by atoms with van der Waals surface area (Å²) in [6.07, 6.45) is 0. The Morgan fingerprint density at radius 2 is 1.29 bits per heavy atom. The first kappa shape index (κ1) is 22.9. The monoisotopic (exact) mass is 543 g/mol. The summed E-state index contributed by atoms with van der Waals surface area (Å²) >= 11 is 9.61. The van der Waals surface area contributed by atoms with Crippen LogP contribution >= 0.6 is 27.5 Å². The highest BCUT2D eigenvalue weighted by atomic mass is 79.9. The van der Waals surface area contributed by atoms with E-state index in [-0.39, 0.29) is 54.3 Å². The fraction of sp³-hybridized carbons (Fsp3) is 0. The van der Waals surface area contributed by atoms with Crippen LogP contribution in [0.3, 0.4) is 0 Å². The lowest BCUT2D eigenvalue weighted by molar-refractivity contribution is 0.0977. The third-order valence-electron chi connectivity index (χ3n) is 5.79. The Balaban J connectivity index is 1.76. The number of carbonyl (C=O) groups is 4. The zero-order valence-electron chi connectivity index (χ0n) is 18.0. The van der Waals surface area contributed by atoms with Gasteiger partial charge in [0.15, 0.2) is 17.3 Å². The van der Waals surface area contributed by atoms with Gasteiger partial charge in [0.1, 0.15) is 0 Å². The van der Waals surface area contributed by atoms with Gasteiger partial charge in [-0.3, -0.25) is 19.2 Å². The molecule has 4 aromatic carbocycles. The van der Waals surface area contributed by atoms with Crippen LogP contribution < -0.4 is 5.32 Å². The summed E-state index contributed by atoms with van der Waals surface area (Å²) in [6, 6.07) is 22.8. The number of anilines is 1. The van der Waals surface area contributed by atoms with Gasteiger partial charge < -0.3 is 5.32 Å². The van der Waals surface area contributed by atoms with Crippen LogP contribution in [0.2, 0.25) is 5.02 Å². The molecule has 0 atom stereocenters. The van der Waals surface area contributed by atoms with Crippen molar-refractivity contribution in [3.63, 3.8) is 0 Å². The molecule has 4 aromatic rings. The van der Waals surface area contributed by atoms with Gasteiger partial charge in [0, 0.05) is 26.7 Å². The topological polar surface area (TPSA) is 80.3 Å². The summed E-state index contributed by atoms with van der Waals surface area (Å²) in [4.78, 5) is 53.8. The number of hydrogen-bond acceptors (Lipinski definition) is 4. The van der Waals surface area contributed by atoms with Gasteiger partial charge >= 0.3 is 0 Å². The van der Waals surface area contributed by atoms with E-state index in [0.717, 1.165) is 0 Å². The molecule has 0 aromatic heterocycles. The van der Waals surface area contributed by atoms with Gasteiger partial charge in [0.25, 0.3) is 5.91 Å². The third-order valence-corrected chi connectivity index (χ3v) is 6.74. The van der Waals surface area contributed by atoms with E-state index in [0.29, 0.717) is 5.56 Å². The van der Waals surface area contributed by atoms with Crippen LogP contribution in [0.5, 0.6) is 0 Å². The maximum atomic E-state index is 13.7. The van der Waals surface area contributed by atoms with Crippen LogP contribution in [0, 0.1) is 0 Å². The maximum Gasteiger partial charge on any atom is 0.257 e. The van der Waals surface area contributed by atoms with Crippen molar-refractivity contribution in [3.05, 3.63) is 133 Å². The highest BCUT2D eigenvalue weighted by Gasteiger charge is 2.36. The molecule has 0 aliphatic heterocycles. The molecule has 0 fully saturated rings. The molecule has 0 bridgehead atoms. The van der Waals surface area contributed by atoms with Crippen molar-refractivity contribution < 1.29 is 19.2 Å². The Morgan fingerprint density at radius 1 is 0.714 bits per heavy atom. The van der Waals surface area contributed by atoms with Crippen molar-refractivity contribution in [2.75, 3.05) is 5.32 Å². The van der Waals surface area contributed by atoms with E-state index in [1.807, 2.05) is 0 Å². The van der Waals surface area contributed by atoms with Crippen LogP contribution in [-0.2, 0) is 0 Å². The number of fused-ring (bicyclic) bond motifs is 2. The van der Waals surface area contributed by atoms with Gasteiger partial charge in [-0.2, -0.15) is 0 Å². The van der Waals surface area contributed by atoms with Crippen LogP contribution in [0.1, 0.15) is 58.1 Å². The van der Waals surface area contributed by atoms with Crippen LogP contribution in [0.15, 0.2) is 89.4 Å². The minimum Gasteiger partial charge on any atom is -0.321 e. The lowest BCUT2D eigenvalue weighted by Crippen LogP contribution is -2.26. The van der Waals surface area contributed by atoms with E-state index < -0.39 is 17.5 Å². The van der Waals surface area contributed by atoms with Crippen molar-refractivity contribution in [3.8, 4) is 0 Å². The first-order valence-corrected chi connectivity index (χ1v) is 11.8. The molecule has 1 amide bonds. The number of rotatable bonds is 4. The van der Waals surface area contributed by atoms with E-state index >= 15 is 0 Å². The summed E-state index contributed by atoms with van der Waals surface area (Å²) in [5.74, 6) is -1.87. The van der Waals surface area contributed by atoms with E-state index in [4.69, 9.17) is 11.6 Å². The van der Waals surface area contributed by atoms with Crippen LogP contribution in [0.4, 0.5) is 5.69 Å². The van der Waals surface area contributed by atoms with Gasteiger partial charge in [-0.25, -0.2) is 0 Å². The fourth-order valence-electron chi connectivity index (χ4n) is 4.13. The highest BCUT2D eigenvalue weighted by molar-refractivity contribution is 9.10. The fourth-order valence-corrected chi connectivity index (χ4v) is 4.96. The molecule has 0 spiro atoms. The quantitative estimate of drug-likeness (QED) is 0.267. The molecule has 5 rings (SSSR count). The van der Waals surface area contributed by atoms with Gasteiger partial charge in [-0.15, -0.1) is 0 Å². The molecule has 170 valence electrons. The Morgan fingerprint density at radius 3 is 1.94 bits per heavy atom. The average molecular weight is 545 g/mol.